The molecule has 0 aliphatic carbocycles. The molecule has 0 fully saturated rings. The van der Waals surface area contributed by atoms with E-state index >= 15 is 0 Å². The van der Waals surface area contributed by atoms with Gasteiger partial charge in [-0.05, 0) is 59.2 Å². The van der Waals surface area contributed by atoms with Crippen LogP contribution in [-0.2, 0) is 15.5 Å². The van der Waals surface area contributed by atoms with Crippen molar-refractivity contribution in [1.82, 2.24) is 0 Å². The maximum Gasteiger partial charge on any atom is 0.573 e. The Hall–Kier alpha value is -2.22. The Morgan fingerprint density at radius 1 is 0.793 bits per heavy atom. The second-order valence-electron chi connectivity index (χ2n) is 8.70. The summed E-state index contributed by atoms with van der Waals surface area (Å²) in [4.78, 5) is -0.274. The normalized spacial score (nSPS) is 13.2. The van der Waals surface area contributed by atoms with Crippen LogP contribution >= 0.6 is 0 Å². The van der Waals surface area contributed by atoms with E-state index in [1.807, 2.05) is 12.1 Å². The SMILES string of the molecule is CC(C)(C)CC(C)(C)c1ccc(OS(=O)(=O)c2ccc(OC(F)(F)F)cc2)cc1. The van der Waals surface area contributed by atoms with Crippen molar-refractivity contribution in [3.05, 3.63) is 54.1 Å². The van der Waals surface area contributed by atoms with Crippen LogP contribution in [0.1, 0.15) is 46.6 Å². The molecule has 29 heavy (non-hydrogen) atoms. The third-order valence-electron chi connectivity index (χ3n) is 4.16. The molecule has 0 unspecified atom stereocenters. The molecule has 0 N–H and O–H groups in total. The highest BCUT2D eigenvalue weighted by Crippen LogP contribution is 2.37. The molecule has 0 aliphatic heterocycles. The minimum atomic E-state index is -4.85. The second-order valence-corrected chi connectivity index (χ2v) is 10.2. The van der Waals surface area contributed by atoms with E-state index in [9.17, 15) is 21.6 Å². The van der Waals surface area contributed by atoms with E-state index in [1.165, 1.54) is 0 Å². The number of hydrogen-bond donors (Lipinski definition) is 0. The molecule has 160 valence electrons. The summed E-state index contributed by atoms with van der Waals surface area (Å²) < 4.78 is 70.2. The van der Waals surface area contributed by atoms with E-state index in [1.54, 1.807) is 12.1 Å². The zero-order valence-corrected chi connectivity index (χ0v) is 17.8. The third kappa shape index (κ3) is 6.96. The topological polar surface area (TPSA) is 52.6 Å². The van der Waals surface area contributed by atoms with Crippen LogP contribution in [0, 0.1) is 5.41 Å². The van der Waals surface area contributed by atoms with E-state index in [2.05, 4.69) is 39.4 Å². The zero-order chi connectivity index (χ0) is 22.1. The van der Waals surface area contributed by atoms with Crippen molar-refractivity contribution in [1.29, 1.82) is 0 Å². The van der Waals surface area contributed by atoms with Gasteiger partial charge in [-0.15, -0.1) is 13.2 Å². The summed E-state index contributed by atoms with van der Waals surface area (Å²) in [5, 5.41) is 0. The lowest BCUT2D eigenvalue weighted by Crippen LogP contribution is -2.24. The minimum absolute atomic E-state index is 0.107. The number of rotatable bonds is 6. The van der Waals surface area contributed by atoms with Crippen LogP contribution in [0.3, 0.4) is 0 Å². The standard InChI is InChI=1S/C21H25F3O4S/c1-19(2,3)14-20(4,5)15-6-8-17(9-7-15)28-29(25,26)18-12-10-16(11-13-18)27-21(22,23)24/h6-13H,14H2,1-5H3. The third-order valence-corrected chi connectivity index (χ3v) is 5.42. The molecule has 2 rings (SSSR count). The smallest absolute Gasteiger partial charge is 0.406 e. The van der Waals surface area contributed by atoms with Gasteiger partial charge < -0.3 is 8.92 Å². The van der Waals surface area contributed by atoms with Gasteiger partial charge in [0.1, 0.15) is 16.4 Å². The maximum atomic E-state index is 12.4. The second kappa shape index (κ2) is 7.89. The Kier molecular flexibility index (Phi) is 6.28. The van der Waals surface area contributed by atoms with Gasteiger partial charge in [-0.25, -0.2) is 0 Å². The first-order chi connectivity index (χ1) is 13.1. The summed E-state index contributed by atoms with van der Waals surface area (Å²) >= 11 is 0. The van der Waals surface area contributed by atoms with Crippen molar-refractivity contribution in [3.8, 4) is 11.5 Å². The van der Waals surface area contributed by atoms with E-state index in [-0.39, 0.29) is 21.5 Å². The molecule has 2 aromatic rings. The molecule has 0 spiro atoms. The molecule has 2 aromatic carbocycles. The summed E-state index contributed by atoms with van der Waals surface area (Å²) in [6.07, 6.45) is -3.91. The van der Waals surface area contributed by atoms with Crippen molar-refractivity contribution in [3.63, 3.8) is 0 Å². The molecular formula is C21H25F3O4S. The van der Waals surface area contributed by atoms with Crippen molar-refractivity contribution in [2.75, 3.05) is 0 Å². The van der Waals surface area contributed by atoms with Gasteiger partial charge in [0.2, 0.25) is 0 Å². The van der Waals surface area contributed by atoms with Gasteiger partial charge in [0, 0.05) is 0 Å². The number of alkyl halides is 3. The van der Waals surface area contributed by atoms with Crippen molar-refractivity contribution < 1.29 is 30.5 Å². The summed E-state index contributed by atoms with van der Waals surface area (Å²) in [5.41, 5.74) is 1.07. The van der Waals surface area contributed by atoms with Crippen LogP contribution in [0.25, 0.3) is 0 Å². The first-order valence-electron chi connectivity index (χ1n) is 8.98. The molecule has 4 nitrogen and oxygen atoms in total. The number of ether oxygens (including phenoxy) is 1. The summed E-state index contributed by atoms with van der Waals surface area (Å²) in [7, 11) is -4.19. The Bertz CT molecular complexity index is 924. The Labute approximate surface area is 169 Å². The van der Waals surface area contributed by atoms with Crippen molar-refractivity contribution in [2.45, 2.75) is 57.7 Å². The Balaban J connectivity index is 2.14. The lowest BCUT2D eigenvalue weighted by atomic mass is 9.72. The summed E-state index contributed by atoms with van der Waals surface area (Å²) in [5.74, 6) is -0.391. The van der Waals surface area contributed by atoms with E-state index in [0.29, 0.717) is 0 Å². The van der Waals surface area contributed by atoms with E-state index < -0.39 is 22.2 Å². The van der Waals surface area contributed by atoms with Crippen LogP contribution in [0.2, 0.25) is 0 Å². The Morgan fingerprint density at radius 3 is 1.72 bits per heavy atom. The molecule has 0 saturated heterocycles. The van der Waals surface area contributed by atoms with Gasteiger partial charge in [-0.3, -0.25) is 0 Å². The molecule has 0 heterocycles. The molecular weight excluding hydrogens is 405 g/mol. The average Bonchev–Trinajstić information content (AvgIpc) is 2.51. The van der Waals surface area contributed by atoms with Crippen LogP contribution in [0.15, 0.2) is 53.4 Å². The molecule has 0 radical (unpaired) electrons. The highest BCUT2D eigenvalue weighted by atomic mass is 32.2. The fraction of sp³-hybridized carbons (Fsp3) is 0.429. The molecule has 0 bridgehead atoms. The van der Waals surface area contributed by atoms with Gasteiger partial charge in [-0.2, -0.15) is 8.42 Å². The largest absolute Gasteiger partial charge is 0.573 e. The quantitative estimate of drug-likeness (QED) is 0.522. The lowest BCUT2D eigenvalue weighted by Gasteiger charge is -2.33. The maximum absolute atomic E-state index is 12.4. The number of halogens is 3. The monoisotopic (exact) mass is 430 g/mol. The van der Waals surface area contributed by atoms with Gasteiger partial charge in [-0.1, -0.05) is 46.8 Å². The average molecular weight is 430 g/mol. The first-order valence-corrected chi connectivity index (χ1v) is 10.4. The number of benzene rings is 2. The number of hydrogen-bond acceptors (Lipinski definition) is 4. The minimum Gasteiger partial charge on any atom is -0.406 e. The van der Waals surface area contributed by atoms with Gasteiger partial charge in [0.25, 0.3) is 0 Å². The molecule has 0 aromatic heterocycles. The van der Waals surface area contributed by atoms with E-state index in [0.717, 1.165) is 36.2 Å². The zero-order valence-electron chi connectivity index (χ0n) is 17.0. The highest BCUT2D eigenvalue weighted by molar-refractivity contribution is 7.87. The van der Waals surface area contributed by atoms with Crippen molar-refractivity contribution in [2.24, 2.45) is 5.41 Å². The fourth-order valence-corrected chi connectivity index (χ4v) is 4.30. The predicted octanol–water partition coefficient (Wildman–Crippen LogP) is 6.07. The molecule has 0 atom stereocenters. The van der Waals surface area contributed by atoms with Crippen LogP contribution in [0.4, 0.5) is 13.2 Å². The van der Waals surface area contributed by atoms with E-state index in [4.69, 9.17) is 4.18 Å². The highest BCUT2D eigenvalue weighted by Gasteiger charge is 2.31. The van der Waals surface area contributed by atoms with Crippen LogP contribution < -0.4 is 8.92 Å². The van der Waals surface area contributed by atoms with Crippen LogP contribution in [-0.4, -0.2) is 14.8 Å². The summed E-state index contributed by atoms with van der Waals surface area (Å²) in [6, 6.07) is 10.6. The predicted molar refractivity (Wildman–Crippen MR) is 104 cm³/mol. The van der Waals surface area contributed by atoms with Gasteiger partial charge in [0.15, 0.2) is 0 Å². The molecule has 0 aliphatic rings. The summed E-state index contributed by atoms with van der Waals surface area (Å²) in [6.45, 7) is 10.7. The first kappa shape index (κ1) is 23.1. The molecule has 0 saturated carbocycles. The lowest BCUT2D eigenvalue weighted by molar-refractivity contribution is -0.274. The van der Waals surface area contributed by atoms with Crippen LogP contribution in [0.5, 0.6) is 11.5 Å². The van der Waals surface area contributed by atoms with Gasteiger partial charge >= 0.3 is 16.5 Å². The molecule has 8 heteroatoms. The molecule has 0 amide bonds. The van der Waals surface area contributed by atoms with Crippen molar-refractivity contribution >= 4 is 10.1 Å². The fourth-order valence-electron chi connectivity index (χ4n) is 3.37. The van der Waals surface area contributed by atoms with Gasteiger partial charge in [0.05, 0.1) is 0 Å². The Morgan fingerprint density at radius 2 is 1.28 bits per heavy atom.